The molecular weight excluding hydrogens is 942 g/mol. The second-order valence-electron chi connectivity index (χ2n) is 17.6. The van der Waals surface area contributed by atoms with E-state index in [1.165, 1.54) is 47.0 Å². The number of alkyl halides is 2. The zero-order valence-corrected chi connectivity index (χ0v) is 39.2. The molecule has 2 bridgehead atoms. The molecule has 4 aromatic carbocycles. The molecule has 68 heavy (non-hydrogen) atoms. The lowest BCUT2D eigenvalue weighted by Crippen LogP contribution is -2.53. The third-order valence-electron chi connectivity index (χ3n) is 12.9. The third-order valence-corrected chi connectivity index (χ3v) is 15.4. The first-order chi connectivity index (χ1) is 32.9. The molecule has 1 aromatic heterocycles. The first-order valence-corrected chi connectivity index (χ1v) is 24.8. The number of aromatic nitrogens is 1. The zero-order valence-electron chi connectivity index (χ0n) is 36.9. The quantitative estimate of drug-likeness (QED) is 0.0790. The maximum absolute atomic E-state index is 13.9. The van der Waals surface area contributed by atoms with Crippen molar-refractivity contribution >= 4 is 45.3 Å². The van der Waals surface area contributed by atoms with E-state index in [9.17, 15) is 26.8 Å². The molecule has 5 aromatic rings. The topological polar surface area (TPSA) is 146 Å². The number of benzene rings is 4. The van der Waals surface area contributed by atoms with E-state index < -0.39 is 46.8 Å². The van der Waals surface area contributed by atoms with E-state index >= 15 is 0 Å². The number of sulfonamides is 1. The van der Waals surface area contributed by atoms with Gasteiger partial charge in [-0.15, -0.1) is 0 Å². The van der Waals surface area contributed by atoms with Crippen LogP contribution >= 0.6 is 23.2 Å². The van der Waals surface area contributed by atoms with Crippen LogP contribution in [0.1, 0.15) is 65.6 Å². The van der Waals surface area contributed by atoms with Crippen molar-refractivity contribution in [2.75, 3.05) is 39.3 Å². The fraction of sp³-hybridized carbons (Fsp3) is 0.380. The van der Waals surface area contributed by atoms with Gasteiger partial charge in [-0.2, -0.15) is 13.1 Å². The number of hydrogen-bond donors (Lipinski definition) is 1. The molecule has 0 unspecified atom stereocenters. The number of nitrogens with one attached hydrogen (secondary N) is 1. The highest BCUT2D eigenvalue weighted by atomic mass is 35.5. The maximum Gasteiger partial charge on any atom is 0.408 e. The molecule has 1 saturated carbocycles. The van der Waals surface area contributed by atoms with Crippen LogP contribution in [0.4, 0.5) is 13.6 Å². The summed E-state index contributed by atoms with van der Waals surface area (Å²) in [4.78, 5) is 33.5. The van der Waals surface area contributed by atoms with Gasteiger partial charge in [-0.25, -0.2) is 13.2 Å². The first kappa shape index (κ1) is 47.5. The van der Waals surface area contributed by atoms with Crippen molar-refractivity contribution in [3.63, 3.8) is 0 Å². The number of amides is 1. The van der Waals surface area contributed by atoms with E-state index in [2.05, 4.69) is 15.2 Å². The van der Waals surface area contributed by atoms with Gasteiger partial charge >= 0.3 is 18.7 Å². The van der Waals surface area contributed by atoms with Crippen LogP contribution in [-0.4, -0.2) is 86.7 Å². The number of rotatable bonds is 19. The Morgan fingerprint density at radius 2 is 1.53 bits per heavy atom. The van der Waals surface area contributed by atoms with Gasteiger partial charge in [-0.1, -0.05) is 83.9 Å². The molecule has 0 spiro atoms. The Morgan fingerprint density at radius 3 is 2.24 bits per heavy atom. The van der Waals surface area contributed by atoms with Gasteiger partial charge < -0.3 is 29.0 Å². The Morgan fingerprint density at radius 1 is 0.794 bits per heavy atom. The summed E-state index contributed by atoms with van der Waals surface area (Å²) in [6.45, 7) is -0.199. The number of halogens is 4. The van der Waals surface area contributed by atoms with Crippen LogP contribution in [0.3, 0.4) is 0 Å². The molecule has 1 aliphatic carbocycles. The lowest BCUT2D eigenvalue weighted by Gasteiger charge is -2.43. The molecule has 10 rings (SSSR count). The maximum atomic E-state index is 13.9. The highest BCUT2D eigenvalue weighted by Crippen LogP contribution is 2.39. The standard InChI is InChI=1S/C50H50Cl2F2N4O9S/c51-41-24-55-25-42(52)40(41)23-44(35-14-15-43(66-49(53)54)45(22-35)64-29-31-12-13-31)65-48(59)37-26-58(27-37)68(61,62)39-11-4-6-32(20-39)30-63-38-10-5-9-36(21-38)47(34-7-2-1-3-8-34)56-50(60)67-46-28-57-18-16-33(46)17-19-57/h1-11,14-15,20-22,24-25,31,33,37,44,46-47,49H,12-13,16-19,23,26-30H2,(H,56,60)/t44-,46-,47-/m0/s1. The summed E-state index contributed by atoms with van der Waals surface area (Å²) in [6.07, 6.45) is 5.12. The van der Waals surface area contributed by atoms with Crippen LogP contribution in [0, 0.1) is 17.8 Å². The van der Waals surface area contributed by atoms with Gasteiger partial charge in [0.05, 0.1) is 33.5 Å². The summed E-state index contributed by atoms with van der Waals surface area (Å²) >= 11 is 12.9. The number of carbonyl (C=O) groups is 2. The summed E-state index contributed by atoms with van der Waals surface area (Å²) < 4.78 is 84.5. The van der Waals surface area contributed by atoms with Crippen LogP contribution in [0.2, 0.25) is 10.0 Å². The molecule has 0 radical (unpaired) electrons. The molecule has 358 valence electrons. The minimum absolute atomic E-state index is 0.00413. The Bertz CT molecular complexity index is 2680. The van der Waals surface area contributed by atoms with E-state index in [1.807, 2.05) is 48.5 Å². The van der Waals surface area contributed by atoms with Crippen molar-refractivity contribution in [1.82, 2.24) is 19.5 Å². The largest absolute Gasteiger partial charge is 0.489 e. The van der Waals surface area contributed by atoms with Crippen molar-refractivity contribution in [2.45, 2.75) is 68.5 Å². The summed E-state index contributed by atoms with van der Waals surface area (Å²) in [5.41, 5.74) is 3.07. The lowest BCUT2D eigenvalue weighted by atomic mass is 9.86. The molecule has 1 N–H and O–H groups in total. The normalized spacial score (nSPS) is 20.2. The van der Waals surface area contributed by atoms with Crippen molar-refractivity contribution in [3.05, 3.63) is 147 Å². The van der Waals surface area contributed by atoms with E-state index in [4.69, 9.17) is 46.9 Å². The van der Waals surface area contributed by atoms with Gasteiger partial charge in [-0.05, 0) is 115 Å². The van der Waals surface area contributed by atoms with E-state index in [-0.39, 0.29) is 58.7 Å². The number of fused-ring (bicyclic) bond motifs is 3. The summed E-state index contributed by atoms with van der Waals surface area (Å²) in [6, 6.07) is 27.2. The summed E-state index contributed by atoms with van der Waals surface area (Å²) in [5, 5.41) is 3.54. The number of pyridine rings is 1. The predicted molar refractivity (Wildman–Crippen MR) is 248 cm³/mol. The fourth-order valence-corrected chi connectivity index (χ4v) is 10.9. The number of piperidine rings is 3. The monoisotopic (exact) mass is 990 g/mol. The second-order valence-corrected chi connectivity index (χ2v) is 20.4. The molecule has 4 saturated heterocycles. The average Bonchev–Trinajstić information content (AvgIpc) is 4.16. The van der Waals surface area contributed by atoms with Crippen molar-refractivity contribution < 1.29 is 50.5 Å². The van der Waals surface area contributed by atoms with Crippen molar-refractivity contribution in [2.24, 2.45) is 17.8 Å². The van der Waals surface area contributed by atoms with Gasteiger partial charge in [0.1, 0.15) is 24.6 Å². The zero-order chi connectivity index (χ0) is 47.4. The van der Waals surface area contributed by atoms with Crippen LogP contribution in [0.15, 0.2) is 114 Å². The summed E-state index contributed by atoms with van der Waals surface area (Å²) in [5.74, 6) is -0.397. The molecule has 13 nitrogen and oxygen atoms in total. The van der Waals surface area contributed by atoms with Crippen molar-refractivity contribution in [1.29, 1.82) is 0 Å². The second kappa shape index (κ2) is 21.0. The van der Waals surface area contributed by atoms with E-state index in [0.29, 0.717) is 40.9 Å². The van der Waals surface area contributed by atoms with Crippen molar-refractivity contribution in [3.8, 4) is 17.2 Å². The third kappa shape index (κ3) is 11.5. The number of hydrogen-bond acceptors (Lipinski definition) is 11. The van der Waals surface area contributed by atoms with Gasteiger partial charge in [-0.3, -0.25) is 14.7 Å². The minimum atomic E-state index is -4.04. The van der Waals surface area contributed by atoms with Crippen LogP contribution in [0.25, 0.3) is 0 Å². The smallest absolute Gasteiger partial charge is 0.408 e. The molecule has 1 amide bonds. The number of carbonyl (C=O) groups excluding carboxylic acids is 2. The number of esters is 1. The first-order valence-electron chi connectivity index (χ1n) is 22.6. The Labute approximate surface area is 403 Å². The highest BCUT2D eigenvalue weighted by molar-refractivity contribution is 7.89. The summed E-state index contributed by atoms with van der Waals surface area (Å²) in [7, 11) is -4.04. The molecule has 5 fully saturated rings. The molecule has 18 heteroatoms. The molecular formula is C50H50Cl2F2N4O9S. The highest BCUT2D eigenvalue weighted by Gasteiger charge is 2.43. The SMILES string of the molecule is O=C(N[C@@H](c1ccccc1)c1cccc(OCc2cccc(S(=O)(=O)N3CC(C(=O)O[C@@H](Cc4c(Cl)cncc4Cl)c4ccc(OC(F)F)c(OCC5CC5)c4)C3)c2)c1)O[C@H]1CN2CCC1CC2. The average molecular weight is 992 g/mol. The molecule has 5 aliphatic rings. The molecule has 3 atom stereocenters. The number of ether oxygens (including phenoxy) is 5. The molecule has 4 aliphatic heterocycles. The van der Waals surface area contributed by atoms with Gasteiger partial charge in [0.25, 0.3) is 0 Å². The van der Waals surface area contributed by atoms with E-state index in [0.717, 1.165) is 56.4 Å². The van der Waals surface area contributed by atoms with E-state index in [1.54, 1.807) is 18.2 Å². The predicted octanol–water partition coefficient (Wildman–Crippen LogP) is 9.42. The number of alkyl carbamates (subject to hydrolysis) is 1. The number of nitrogens with zero attached hydrogens (tertiary/aromatic N) is 3. The van der Waals surface area contributed by atoms with Crippen LogP contribution < -0.4 is 19.5 Å². The lowest BCUT2D eigenvalue weighted by molar-refractivity contribution is -0.158. The van der Waals surface area contributed by atoms with Gasteiger partial charge in [0.15, 0.2) is 11.5 Å². The Kier molecular flexibility index (Phi) is 14.7. The minimum Gasteiger partial charge on any atom is -0.489 e. The van der Waals surface area contributed by atoms with Gasteiger partial charge in [0, 0.05) is 38.4 Å². The van der Waals surface area contributed by atoms with Crippen LogP contribution in [-0.2, 0) is 37.3 Å². The van der Waals surface area contributed by atoms with Crippen LogP contribution in [0.5, 0.6) is 17.2 Å². The Hall–Kier alpha value is -5.52. The van der Waals surface area contributed by atoms with Gasteiger partial charge in [0.2, 0.25) is 10.0 Å². The Balaban J connectivity index is 0.844. The molecule has 5 heterocycles. The fourth-order valence-electron chi connectivity index (χ4n) is 8.82.